The highest BCUT2D eigenvalue weighted by molar-refractivity contribution is 7.92. The molecule has 0 saturated carbocycles. The number of benzene rings is 3. The lowest BCUT2D eigenvalue weighted by Crippen LogP contribution is -2.35. The van der Waals surface area contributed by atoms with Crippen LogP contribution in [0.1, 0.15) is 40.9 Å². The van der Waals surface area contributed by atoms with Crippen molar-refractivity contribution in [2.24, 2.45) is 0 Å². The van der Waals surface area contributed by atoms with Crippen molar-refractivity contribution in [3.8, 4) is 0 Å². The Morgan fingerprint density at radius 3 is 2.45 bits per heavy atom. The molecule has 1 heterocycles. The highest BCUT2D eigenvalue weighted by atomic mass is 35.5. The summed E-state index contributed by atoms with van der Waals surface area (Å²) >= 11 is 5.90. The van der Waals surface area contributed by atoms with E-state index >= 15 is 0 Å². The van der Waals surface area contributed by atoms with Crippen LogP contribution >= 0.6 is 11.6 Å². The molecule has 1 unspecified atom stereocenters. The second-order valence-corrected chi connectivity index (χ2v) is 9.88. The second-order valence-electron chi connectivity index (χ2n) is 7.58. The number of halogens is 1. The molecule has 0 spiro atoms. The fourth-order valence-electron chi connectivity index (χ4n) is 3.79. The fourth-order valence-corrected chi connectivity index (χ4v) is 5.46. The van der Waals surface area contributed by atoms with Gasteiger partial charge in [0.05, 0.1) is 16.6 Å². The van der Waals surface area contributed by atoms with Crippen molar-refractivity contribution in [1.29, 1.82) is 0 Å². The first-order valence-corrected chi connectivity index (χ1v) is 11.9. The molecular formula is C24H23ClN2O3S. The Morgan fingerprint density at radius 1 is 1.03 bits per heavy atom. The zero-order valence-corrected chi connectivity index (χ0v) is 18.7. The molecule has 5 nitrogen and oxygen atoms in total. The molecule has 7 heteroatoms. The summed E-state index contributed by atoms with van der Waals surface area (Å²) in [6, 6.07) is 21.0. The maximum Gasteiger partial charge on any atom is 0.264 e. The monoisotopic (exact) mass is 454 g/mol. The predicted octanol–water partition coefficient (Wildman–Crippen LogP) is 4.97. The van der Waals surface area contributed by atoms with E-state index in [1.165, 1.54) is 16.4 Å². The van der Waals surface area contributed by atoms with Crippen LogP contribution in [0.5, 0.6) is 0 Å². The highest BCUT2D eigenvalue weighted by Gasteiger charge is 2.29. The minimum atomic E-state index is -3.71. The van der Waals surface area contributed by atoms with Gasteiger partial charge in [-0.1, -0.05) is 41.9 Å². The molecule has 0 bridgehead atoms. The Balaban J connectivity index is 1.58. The maximum absolute atomic E-state index is 13.2. The van der Waals surface area contributed by atoms with E-state index in [9.17, 15) is 13.2 Å². The number of carbonyl (C=O) groups excluding carboxylic acids is 1. The van der Waals surface area contributed by atoms with Crippen molar-refractivity contribution < 1.29 is 13.2 Å². The van der Waals surface area contributed by atoms with E-state index in [2.05, 4.69) is 5.32 Å². The number of anilines is 1. The maximum atomic E-state index is 13.2. The lowest BCUT2D eigenvalue weighted by atomic mass is 10.00. The normalized spacial score (nSPS) is 14.6. The summed E-state index contributed by atoms with van der Waals surface area (Å²) in [7, 11) is -3.71. The highest BCUT2D eigenvalue weighted by Crippen LogP contribution is 2.33. The molecule has 31 heavy (non-hydrogen) atoms. The molecule has 1 aliphatic rings. The van der Waals surface area contributed by atoms with Crippen LogP contribution in [0, 0.1) is 0 Å². The van der Waals surface area contributed by atoms with Crippen molar-refractivity contribution in [3.63, 3.8) is 0 Å². The molecule has 0 radical (unpaired) electrons. The number of fused-ring (bicyclic) bond motifs is 1. The lowest BCUT2D eigenvalue weighted by molar-refractivity contribution is 0.0940. The van der Waals surface area contributed by atoms with E-state index in [-0.39, 0.29) is 16.8 Å². The Hall–Kier alpha value is -2.83. The number of hydrogen-bond acceptors (Lipinski definition) is 3. The van der Waals surface area contributed by atoms with Gasteiger partial charge < -0.3 is 5.32 Å². The standard InChI is InChI=1S/C24H23ClN2O3S/c1-17(18-6-3-2-4-7-18)26-24(28)20-9-14-23-19(16-20)8-5-15-27(23)31(29,30)22-12-10-21(25)11-13-22/h2-4,6-7,9-14,16-17H,5,8,15H2,1H3,(H,26,28). The van der Waals surface area contributed by atoms with E-state index < -0.39 is 10.0 Å². The Morgan fingerprint density at radius 2 is 1.74 bits per heavy atom. The zero-order valence-electron chi connectivity index (χ0n) is 17.1. The molecule has 0 fully saturated rings. The van der Waals surface area contributed by atoms with Gasteiger partial charge in [-0.2, -0.15) is 0 Å². The van der Waals surface area contributed by atoms with Crippen molar-refractivity contribution in [1.82, 2.24) is 5.32 Å². The molecule has 1 atom stereocenters. The smallest absolute Gasteiger partial charge is 0.264 e. The van der Waals surface area contributed by atoms with Crippen LogP contribution in [0.25, 0.3) is 0 Å². The molecule has 3 aromatic rings. The quantitative estimate of drug-likeness (QED) is 0.591. The minimum absolute atomic E-state index is 0.133. The van der Waals surface area contributed by atoms with E-state index in [4.69, 9.17) is 11.6 Å². The van der Waals surface area contributed by atoms with Gasteiger partial charge in [0, 0.05) is 17.1 Å². The Bertz CT molecular complexity index is 1200. The number of sulfonamides is 1. The number of hydrogen-bond donors (Lipinski definition) is 1. The van der Waals surface area contributed by atoms with Crippen LogP contribution in [0.4, 0.5) is 5.69 Å². The van der Waals surface area contributed by atoms with Crippen molar-refractivity contribution in [3.05, 3.63) is 94.5 Å². The van der Waals surface area contributed by atoms with Gasteiger partial charge in [-0.15, -0.1) is 0 Å². The number of carbonyl (C=O) groups is 1. The second kappa shape index (κ2) is 8.73. The third-order valence-corrected chi connectivity index (χ3v) is 7.55. The summed E-state index contributed by atoms with van der Waals surface area (Å²) in [5.74, 6) is -0.183. The molecule has 3 aromatic carbocycles. The minimum Gasteiger partial charge on any atom is -0.346 e. The van der Waals surface area contributed by atoms with Crippen molar-refractivity contribution in [2.75, 3.05) is 10.8 Å². The number of nitrogens with one attached hydrogen (secondary N) is 1. The Kier molecular flexibility index (Phi) is 6.03. The summed E-state index contributed by atoms with van der Waals surface area (Å²) in [4.78, 5) is 13.0. The molecule has 160 valence electrons. The van der Waals surface area contributed by atoms with Crippen LogP contribution in [-0.4, -0.2) is 20.9 Å². The summed E-state index contributed by atoms with van der Waals surface area (Å²) < 4.78 is 27.8. The number of nitrogens with zero attached hydrogens (tertiary/aromatic N) is 1. The summed E-state index contributed by atoms with van der Waals surface area (Å²) in [5, 5.41) is 3.49. The molecular weight excluding hydrogens is 432 g/mol. The van der Waals surface area contributed by atoms with Crippen LogP contribution < -0.4 is 9.62 Å². The number of amides is 1. The van der Waals surface area contributed by atoms with E-state index in [1.54, 1.807) is 30.3 Å². The summed E-state index contributed by atoms with van der Waals surface area (Å²) in [6.07, 6.45) is 1.41. The predicted molar refractivity (Wildman–Crippen MR) is 123 cm³/mol. The first kappa shape index (κ1) is 21.4. The van der Waals surface area contributed by atoms with Crippen molar-refractivity contribution >= 4 is 33.2 Å². The average molecular weight is 455 g/mol. The van der Waals surface area contributed by atoms with Crippen LogP contribution in [-0.2, 0) is 16.4 Å². The molecule has 0 saturated heterocycles. The number of aryl methyl sites for hydroxylation is 1. The van der Waals surface area contributed by atoms with Crippen LogP contribution in [0.3, 0.4) is 0 Å². The van der Waals surface area contributed by atoms with E-state index in [0.717, 1.165) is 17.5 Å². The lowest BCUT2D eigenvalue weighted by Gasteiger charge is -2.31. The van der Waals surface area contributed by atoms with Gasteiger partial charge >= 0.3 is 0 Å². The van der Waals surface area contributed by atoms with Gasteiger partial charge in [-0.3, -0.25) is 9.10 Å². The first-order chi connectivity index (χ1) is 14.9. The third kappa shape index (κ3) is 4.45. The van der Waals surface area contributed by atoms with Gasteiger partial charge in [-0.05, 0) is 73.4 Å². The fraction of sp³-hybridized carbons (Fsp3) is 0.208. The van der Waals surface area contributed by atoms with Crippen LogP contribution in [0.2, 0.25) is 5.02 Å². The molecule has 1 N–H and O–H groups in total. The molecule has 0 aliphatic carbocycles. The van der Waals surface area contributed by atoms with Gasteiger partial charge in [0.25, 0.3) is 15.9 Å². The topological polar surface area (TPSA) is 66.5 Å². The van der Waals surface area contributed by atoms with Gasteiger partial charge in [-0.25, -0.2) is 8.42 Å². The van der Waals surface area contributed by atoms with E-state index in [1.807, 2.05) is 37.3 Å². The molecule has 1 amide bonds. The Labute approximate surface area is 187 Å². The summed E-state index contributed by atoms with van der Waals surface area (Å²) in [6.45, 7) is 2.33. The van der Waals surface area contributed by atoms with Gasteiger partial charge in [0.1, 0.15) is 0 Å². The molecule has 1 aliphatic heterocycles. The van der Waals surface area contributed by atoms with Gasteiger partial charge in [0.15, 0.2) is 0 Å². The third-order valence-electron chi connectivity index (χ3n) is 5.47. The molecule has 0 aromatic heterocycles. The van der Waals surface area contributed by atoms with Crippen molar-refractivity contribution in [2.45, 2.75) is 30.7 Å². The van der Waals surface area contributed by atoms with Gasteiger partial charge in [0.2, 0.25) is 0 Å². The SMILES string of the molecule is CC(NC(=O)c1ccc2c(c1)CCCN2S(=O)(=O)c1ccc(Cl)cc1)c1ccccc1. The largest absolute Gasteiger partial charge is 0.346 e. The first-order valence-electron chi connectivity index (χ1n) is 10.1. The molecule has 4 rings (SSSR count). The average Bonchev–Trinajstić information content (AvgIpc) is 2.79. The zero-order chi connectivity index (χ0) is 22.0. The number of rotatable bonds is 5. The van der Waals surface area contributed by atoms with E-state index in [0.29, 0.717) is 29.2 Å². The van der Waals surface area contributed by atoms with Crippen LogP contribution in [0.15, 0.2) is 77.7 Å². The summed E-state index contributed by atoms with van der Waals surface area (Å²) in [5.41, 5.74) is 3.01.